The van der Waals surface area contributed by atoms with Crippen LogP contribution in [-0.2, 0) is 6.54 Å². The summed E-state index contributed by atoms with van der Waals surface area (Å²) in [6.45, 7) is 2.57. The summed E-state index contributed by atoms with van der Waals surface area (Å²) in [5, 5.41) is 0. The summed E-state index contributed by atoms with van der Waals surface area (Å²) in [6, 6.07) is 8.42. The molecule has 0 unspecified atom stereocenters. The number of fused-ring (bicyclic) bond motifs is 1. The third kappa shape index (κ3) is 2.29. The summed E-state index contributed by atoms with van der Waals surface area (Å²) in [6.07, 6.45) is 1.81. The van der Waals surface area contributed by atoms with Gasteiger partial charge >= 0.3 is 0 Å². The van der Waals surface area contributed by atoms with Crippen molar-refractivity contribution in [3.05, 3.63) is 58.2 Å². The standard InChI is InChI=1S/C14H12FN3S/c1-9-6-12-13(16-7-9)18(14(19)17-12)8-10-2-4-11(15)5-3-10/h2-7H,8H2,1H3,(H,17,19). The second-order valence-electron chi connectivity index (χ2n) is 4.53. The molecular formula is C14H12FN3S. The molecule has 0 saturated heterocycles. The first-order valence-corrected chi connectivity index (χ1v) is 6.34. The number of nitrogens with zero attached hydrogens (tertiary/aromatic N) is 2. The number of hydrogen-bond donors (Lipinski definition) is 1. The van der Waals surface area contributed by atoms with Crippen LogP contribution in [0.3, 0.4) is 0 Å². The van der Waals surface area contributed by atoms with Gasteiger partial charge in [0.15, 0.2) is 10.4 Å². The van der Waals surface area contributed by atoms with Crippen LogP contribution < -0.4 is 0 Å². The third-order valence-electron chi connectivity index (χ3n) is 3.00. The zero-order valence-electron chi connectivity index (χ0n) is 10.4. The number of aromatic amines is 1. The Bertz CT molecular complexity index is 787. The molecule has 0 amide bonds. The number of aryl methyl sites for hydroxylation is 1. The Morgan fingerprint density at radius 2 is 2.05 bits per heavy atom. The predicted octanol–water partition coefficient (Wildman–Crippen LogP) is 3.59. The van der Waals surface area contributed by atoms with Gasteiger partial charge in [-0.3, -0.25) is 4.57 Å². The SMILES string of the molecule is Cc1cnc2c(c1)[nH]c(=S)n2Cc1ccc(F)cc1. The van der Waals surface area contributed by atoms with Gasteiger partial charge in [0.05, 0.1) is 12.1 Å². The van der Waals surface area contributed by atoms with Crippen LogP contribution in [0.2, 0.25) is 0 Å². The first kappa shape index (κ1) is 12.0. The highest BCUT2D eigenvalue weighted by atomic mass is 32.1. The lowest BCUT2D eigenvalue weighted by atomic mass is 10.2. The third-order valence-corrected chi connectivity index (χ3v) is 3.32. The van der Waals surface area contributed by atoms with E-state index in [2.05, 4.69) is 9.97 Å². The molecule has 3 rings (SSSR count). The van der Waals surface area contributed by atoms with Gasteiger partial charge in [0.25, 0.3) is 0 Å². The number of pyridine rings is 1. The fourth-order valence-electron chi connectivity index (χ4n) is 2.07. The summed E-state index contributed by atoms with van der Waals surface area (Å²) in [5.41, 5.74) is 3.81. The van der Waals surface area contributed by atoms with E-state index in [1.54, 1.807) is 12.1 Å². The Labute approximate surface area is 114 Å². The quantitative estimate of drug-likeness (QED) is 0.724. The highest BCUT2D eigenvalue weighted by Crippen LogP contribution is 2.15. The fraction of sp³-hybridized carbons (Fsp3) is 0.143. The van der Waals surface area contributed by atoms with Crippen LogP contribution in [0.5, 0.6) is 0 Å². The number of benzene rings is 1. The van der Waals surface area contributed by atoms with Gasteiger partial charge in [-0.05, 0) is 48.5 Å². The van der Waals surface area contributed by atoms with Crippen LogP contribution in [-0.4, -0.2) is 14.5 Å². The van der Waals surface area contributed by atoms with E-state index in [0.717, 1.165) is 22.3 Å². The first-order valence-electron chi connectivity index (χ1n) is 5.93. The van der Waals surface area contributed by atoms with Crippen LogP contribution in [0.4, 0.5) is 4.39 Å². The number of hydrogen-bond acceptors (Lipinski definition) is 2. The Balaban J connectivity index is 2.07. The number of nitrogens with one attached hydrogen (secondary N) is 1. The summed E-state index contributed by atoms with van der Waals surface area (Å²) in [7, 11) is 0. The van der Waals surface area contributed by atoms with Crippen molar-refractivity contribution >= 4 is 23.4 Å². The maximum absolute atomic E-state index is 12.9. The second-order valence-corrected chi connectivity index (χ2v) is 4.91. The molecule has 0 aliphatic carbocycles. The molecule has 2 aromatic heterocycles. The van der Waals surface area contributed by atoms with Crippen molar-refractivity contribution in [1.82, 2.24) is 14.5 Å². The minimum absolute atomic E-state index is 0.236. The van der Waals surface area contributed by atoms with Crippen molar-refractivity contribution in [2.45, 2.75) is 13.5 Å². The smallest absolute Gasteiger partial charge is 0.179 e. The van der Waals surface area contributed by atoms with Crippen molar-refractivity contribution < 1.29 is 4.39 Å². The molecule has 0 radical (unpaired) electrons. The molecule has 0 atom stereocenters. The van der Waals surface area contributed by atoms with E-state index in [4.69, 9.17) is 12.2 Å². The lowest BCUT2D eigenvalue weighted by Gasteiger charge is -2.04. The van der Waals surface area contributed by atoms with E-state index in [0.29, 0.717) is 11.3 Å². The van der Waals surface area contributed by atoms with Gasteiger partial charge in [0.1, 0.15) is 5.82 Å². The van der Waals surface area contributed by atoms with E-state index in [-0.39, 0.29) is 5.82 Å². The van der Waals surface area contributed by atoms with Crippen LogP contribution >= 0.6 is 12.2 Å². The van der Waals surface area contributed by atoms with Crippen molar-refractivity contribution in [2.24, 2.45) is 0 Å². The molecule has 5 heteroatoms. The van der Waals surface area contributed by atoms with Crippen molar-refractivity contribution in [3.8, 4) is 0 Å². The summed E-state index contributed by atoms with van der Waals surface area (Å²) in [5.74, 6) is -0.236. The molecule has 0 aliphatic heterocycles. The molecule has 19 heavy (non-hydrogen) atoms. The zero-order chi connectivity index (χ0) is 13.4. The normalized spacial score (nSPS) is 11.1. The lowest BCUT2D eigenvalue weighted by molar-refractivity contribution is 0.626. The van der Waals surface area contributed by atoms with Gasteiger partial charge in [0.2, 0.25) is 0 Å². The van der Waals surface area contributed by atoms with Gasteiger partial charge in [-0.15, -0.1) is 0 Å². The van der Waals surface area contributed by atoms with Crippen LogP contribution in [0, 0.1) is 17.5 Å². The van der Waals surface area contributed by atoms with E-state index < -0.39 is 0 Å². The second kappa shape index (κ2) is 4.59. The highest BCUT2D eigenvalue weighted by molar-refractivity contribution is 7.71. The monoisotopic (exact) mass is 273 g/mol. The predicted molar refractivity (Wildman–Crippen MR) is 75.2 cm³/mol. The van der Waals surface area contributed by atoms with Crippen molar-refractivity contribution in [2.75, 3.05) is 0 Å². The molecular weight excluding hydrogens is 261 g/mol. The van der Waals surface area contributed by atoms with Crippen LogP contribution in [0.25, 0.3) is 11.2 Å². The summed E-state index contributed by atoms with van der Waals surface area (Å²) < 4.78 is 15.4. The van der Waals surface area contributed by atoms with Crippen LogP contribution in [0.1, 0.15) is 11.1 Å². The maximum Gasteiger partial charge on any atom is 0.179 e. The number of imidazole rings is 1. The van der Waals surface area contributed by atoms with Gasteiger partial charge in [-0.25, -0.2) is 9.37 Å². The molecule has 0 bridgehead atoms. The largest absolute Gasteiger partial charge is 0.329 e. The Morgan fingerprint density at radius 3 is 2.79 bits per heavy atom. The molecule has 0 spiro atoms. The van der Waals surface area contributed by atoms with Gasteiger partial charge < -0.3 is 4.98 Å². The number of aromatic nitrogens is 3. The molecule has 2 heterocycles. The Morgan fingerprint density at radius 1 is 1.32 bits per heavy atom. The molecule has 1 N–H and O–H groups in total. The topological polar surface area (TPSA) is 33.6 Å². The number of H-pyrrole nitrogens is 1. The van der Waals surface area contributed by atoms with Crippen molar-refractivity contribution in [3.63, 3.8) is 0 Å². The average molecular weight is 273 g/mol. The fourth-order valence-corrected chi connectivity index (χ4v) is 2.33. The summed E-state index contributed by atoms with van der Waals surface area (Å²) >= 11 is 5.31. The van der Waals surface area contributed by atoms with Gasteiger partial charge in [-0.2, -0.15) is 0 Å². The van der Waals surface area contributed by atoms with E-state index in [1.807, 2.05) is 23.8 Å². The molecule has 1 aromatic carbocycles. The zero-order valence-corrected chi connectivity index (χ0v) is 11.2. The van der Waals surface area contributed by atoms with E-state index in [9.17, 15) is 4.39 Å². The minimum Gasteiger partial charge on any atom is -0.329 e. The molecule has 3 aromatic rings. The highest BCUT2D eigenvalue weighted by Gasteiger charge is 2.06. The van der Waals surface area contributed by atoms with Gasteiger partial charge in [-0.1, -0.05) is 12.1 Å². The Kier molecular flexibility index (Phi) is 2.91. The average Bonchev–Trinajstić information content (AvgIpc) is 2.68. The van der Waals surface area contributed by atoms with Crippen molar-refractivity contribution in [1.29, 1.82) is 0 Å². The summed E-state index contributed by atoms with van der Waals surface area (Å²) in [4.78, 5) is 7.55. The molecule has 96 valence electrons. The van der Waals surface area contributed by atoms with E-state index >= 15 is 0 Å². The number of halogens is 1. The molecule has 0 saturated carbocycles. The number of rotatable bonds is 2. The van der Waals surface area contributed by atoms with Crippen LogP contribution in [0.15, 0.2) is 36.5 Å². The molecule has 0 fully saturated rings. The molecule has 3 nitrogen and oxygen atoms in total. The van der Waals surface area contributed by atoms with Gasteiger partial charge in [0, 0.05) is 6.20 Å². The molecule has 0 aliphatic rings. The Hall–Kier alpha value is -2.01. The maximum atomic E-state index is 12.9. The lowest BCUT2D eigenvalue weighted by Crippen LogP contribution is -2.00. The minimum atomic E-state index is -0.236. The van der Waals surface area contributed by atoms with E-state index in [1.165, 1.54) is 12.1 Å². The first-order chi connectivity index (χ1) is 9.13.